The van der Waals surface area contributed by atoms with Crippen LogP contribution in [0.5, 0.6) is 11.5 Å². The van der Waals surface area contributed by atoms with Gasteiger partial charge >= 0.3 is 5.97 Å². The van der Waals surface area contributed by atoms with Crippen molar-refractivity contribution in [3.8, 4) is 22.8 Å². The molecule has 7 nitrogen and oxygen atoms in total. The summed E-state index contributed by atoms with van der Waals surface area (Å²) in [6.07, 6.45) is 0. The maximum absolute atomic E-state index is 13.3. The van der Waals surface area contributed by atoms with Gasteiger partial charge in [-0.3, -0.25) is 4.79 Å². The monoisotopic (exact) mass is 391 g/mol. The molecule has 136 valence electrons. The number of esters is 1. The maximum atomic E-state index is 13.3. The molecule has 0 saturated heterocycles. The topological polar surface area (TPSA) is 97.1 Å². The van der Waals surface area contributed by atoms with Gasteiger partial charge in [-0.2, -0.15) is 0 Å². The normalized spacial score (nSPS) is 11.4. The van der Waals surface area contributed by atoms with E-state index in [1.54, 1.807) is 0 Å². The first-order valence-corrected chi connectivity index (χ1v) is 9.03. The van der Waals surface area contributed by atoms with Gasteiger partial charge in [0.15, 0.2) is 5.76 Å². The van der Waals surface area contributed by atoms with Crippen LogP contribution in [0.25, 0.3) is 11.3 Å². The first-order chi connectivity index (χ1) is 11.6. The third kappa shape index (κ3) is 3.72. The van der Waals surface area contributed by atoms with Crippen molar-refractivity contribution in [3.05, 3.63) is 29.0 Å². The highest BCUT2D eigenvalue weighted by atomic mass is 35.5. The standard InChI is InChI=1S/C15H15ClFNO6S/c1-4-25(21,22)18(3)15-14(23-8(2)19)12(20)13(24-15)9-5-6-11(17)10(16)7-9/h5-7,20H,4H2,1-3H3. The smallest absolute Gasteiger partial charge is 0.308 e. The second-order valence-electron chi connectivity index (χ2n) is 5.00. The molecule has 0 saturated carbocycles. The van der Waals surface area contributed by atoms with Crippen molar-refractivity contribution in [3.63, 3.8) is 0 Å². The van der Waals surface area contributed by atoms with Crippen molar-refractivity contribution in [2.24, 2.45) is 0 Å². The molecule has 2 rings (SSSR count). The van der Waals surface area contributed by atoms with E-state index >= 15 is 0 Å². The summed E-state index contributed by atoms with van der Waals surface area (Å²) < 4.78 is 48.5. The highest BCUT2D eigenvalue weighted by molar-refractivity contribution is 7.92. The van der Waals surface area contributed by atoms with Gasteiger partial charge in [-0.05, 0) is 25.1 Å². The number of carbonyl (C=O) groups is 1. The summed E-state index contributed by atoms with van der Waals surface area (Å²) in [6.45, 7) is 2.50. The molecule has 1 aromatic heterocycles. The van der Waals surface area contributed by atoms with E-state index in [9.17, 15) is 22.7 Å². The molecule has 0 bridgehead atoms. The van der Waals surface area contributed by atoms with Crippen LogP contribution in [0, 0.1) is 5.82 Å². The predicted molar refractivity (Wildman–Crippen MR) is 89.9 cm³/mol. The Morgan fingerprint density at radius 3 is 2.60 bits per heavy atom. The van der Waals surface area contributed by atoms with Crippen LogP contribution in [0.3, 0.4) is 0 Å². The van der Waals surface area contributed by atoms with Gasteiger partial charge in [0.2, 0.25) is 21.5 Å². The average Bonchev–Trinajstić information content (AvgIpc) is 2.86. The highest BCUT2D eigenvalue weighted by Crippen LogP contribution is 2.48. The molecule has 0 atom stereocenters. The van der Waals surface area contributed by atoms with Crippen LogP contribution >= 0.6 is 11.6 Å². The number of hydrogen-bond acceptors (Lipinski definition) is 6. The molecule has 2 aromatic rings. The van der Waals surface area contributed by atoms with Crippen molar-refractivity contribution in [1.29, 1.82) is 0 Å². The average molecular weight is 392 g/mol. The van der Waals surface area contributed by atoms with Crippen LogP contribution in [0.1, 0.15) is 13.8 Å². The Hall–Kier alpha value is -2.26. The summed E-state index contributed by atoms with van der Waals surface area (Å²) in [5.41, 5.74) is 0.172. The summed E-state index contributed by atoms with van der Waals surface area (Å²) in [4.78, 5) is 11.3. The van der Waals surface area contributed by atoms with E-state index in [4.69, 9.17) is 20.8 Å². The number of aromatic hydroxyl groups is 1. The number of ether oxygens (including phenoxy) is 1. The summed E-state index contributed by atoms with van der Waals surface area (Å²) in [5, 5.41) is 10.1. The third-order valence-electron chi connectivity index (χ3n) is 3.32. The van der Waals surface area contributed by atoms with E-state index in [2.05, 4.69) is 0 Å². The van der Waals surface area contributed by atoms with Gasteiger partial charge in [-0.15, -0.1) is 0 Å². The van der Waals surface area contributed by atoms with E-state index in [0.717, 1.165) is 17.3 Å². The number of furan rings is 1. The molecule has 0 amide bonds. The minimum Gasteiger partial charge on any atom is -0.502 e. The lowest BCUT2D eigenvalue weighted by atomic mass is 10.1. The number of nitrogens with zero attached hydrogens (tertiary/aromatic N) is 1. The molecular formula is C15H15ClFNO6S. The van der Waals surface area contributed by atoms with Crippen molar-refractivity contribution < 1.29 is 31.9 Å². The number of rotatable bonds is 5. The zero-order chi connectivity index (χ0) is 18.9. The Labute approximate surface area is 148 Å². The fourth-order valence-corrected chi connectivity index (χ4v) is 2.93. The van der Waals surface area contributed by atoms with Gasteiger partial charge in [0.25, 0.3) is 5.88 Å². The molecule has 0 aliphatic heterocycles. The fourth-order valence-electron chi connectivity index (χ4n) is 1.99. The molecule has 25 heavy (non-hydrogen) atoms. The number of hydrogen-bond donors (Lipinski definition) is 1. The van der Waals surface area contributed by atoms with Gasteiger partial charge in [0.1, 0.15) is 5.82 Å². The molecule has 0 spiro atoms. The minimum absolute atomic E-state index is 0.172. The maximum Gasteiger partial charge on any atom is 0.308 e. The van der Waals surface area contributed by atoms with Crippen molar-refractivity contribution in [1.82, 2.24) is 0 Å². The van der Waals surface area contributed by atoms with E-state index in [-0.39, 0.29) is 28.0 Å². The molecule has 1 aromatic carbocycles. The molecular weight excluding hydrogens is 377 g/mol. The van der Waals surface area contributed by atoms with Gasteiger partial charge in [0.05, 0.1) is 10.8 Å². The highest BCUT2D eigenvalue weighted by Gasteiger charge is 2.31. The number of anilines is 1. The zero-order valence-electron chi connectivity index (χ0n) is 13.5. The molecule has 1 heterocycles. The Bertz CT molecular complexity index is 924. The van der Waals surface area contributed by atoms with E-state index in [0.29, 0.717) is 0 Å². The summed E-state index contributed by atoms with van der Waals surface area (Å²) in [5.74, 6) is -3.38. The summed E-state index contributed by atoms with van der Waals surface area (Å²) in [6, 6.07) is 3.51. The Balaban J connectivity index is 2.67. The van der Waals surface area contributed by atoms with Crippen molar-refractivity contribution in [2.75, 3.05) is 17.1 Å². The van der Waals surface area contributed by atoms with Crippen LogP contribution in [-0.2, 0) is 14.8 Å². The first kappa shape index (κ1) is 19.1. The zero-order valence-corrected chi connectivity index (χ0v) is 15.1. The Morgan fingerprint density at radius 1 is 1.44 bits per heavy atom. The molecule has 0 unspecified atom stereocenters. The minimum atomic E-state index is -3.76. The Kier molecular flexibility index (Phi) is 5.28. The van der Waals surface area contributed by atoms with E-state index in [1.807, 2.05) is 0 Å². The van der Waals surface area contributed by atoms with Crippen LogP contribution in [0.15, 0.2) is 22.6 Å². The second kappa shape index (κ2) is 6.93. The lowest BCUT2D eigenvalue weighted by molar-refractivity contribution is -0.132. The van der Waals surface area contributed by atoms with E-state index in [1.165, 1.54) is 26.1 Å². The summed E-state index contributed by atoms with van der Waals surface area (Å²) >= 11 is 5.71. The predicted octanol–water partition coefficient (Wildman–Crippen LogP) is 3.16. The second-order valence-corrected chi connectivity index (χ2v) is 7.70. The number of halogens is 2. The molecule has 0 aliphatic rings. The van der Waals surface area contributed by atoms with Crippen LogP contribution in [0.2, 0.25) is 5.02 Å². The molecule has 10 heteroatoms. The van der Waals surface area contributed by atoms with Gasteiger partial charge in [-0.25, -0.2) is 17.1 Å². The molecule has 1 N–H and O–H groups in total. The van der Waals surface area contributed by atoms with E-state index < -0.39 is 33.3 Å². The van der Waals surface area contributed by atoms with Gasteiger partial charge in [0, 0.05) is 19.5 Å². The Morgan fingerprint density at radius 2 is 2.08 bits per heavy atom. The molecule has 0 fully saturated rings. The molecule has 0 aliphatic carbocycles. The van der Waals surface area contributed by atoms with Crippen LogP contribution in [0.4, 0.5) is 10.3 Å². The van der Waals surface area contributed by atoms with Crippen molar-refractivity contribution in [2.45, 2.75) is 13.8 Å². The fraction of sp³-hybridized carbons (Fsp3) is 0.267. The van der Waals surface area contributed by atoms with Crippen molar-refractivity contribution >= 4 is 33.5 Å². The van der Waals surface area contributed by atoms with Gasteiger partial charge in [-0.1, -0.05) is 11.6 Å². The number of carbonyl (C=O) groups excluding carboxylic acids is 1. The number of sulfonamides is 1. The quantitative estimate of drug-likeness (QED) is 0.786. The van der Waals surface area contributed by atoms with Crippen LogP contribution in [-0.4, -0.2) is 32.3 Å². The third-order valence-corrected chi connectivity index (χ3v) is 5.34. The van der Waals surface area contributed by atoms with Gasteiger partial charge < -0.3 is 14.3 Å². The SMILES string of the molecule is CCS(=O)(=O)N(C)c1oc(-c2ccc(F)c(Cl)c2)c(O)c1OC(C)=O. The molecule has 0 radical (unpaired) electrons. The first-order valence-electron chi connectivity index (χ1n) is 7.04. The lowest BCUT2D eigenvalue weighted by Gasteiger charge is -2.16. The largest absolute Gasteiger partial charge is 0.502 e. The number of benzene rings is 1. The van der Waals surface area contributed by atoms with Crippen LogP contribution < -0.4 is 9.04 Å². The summed E-state index contributed by atoms with van der Waals surface area (Å²) in [7, 11) is -2.57. The lowest BCUT2D eigenvalue weighted by Crippen LogP contribution is -2.28.